The van der Waals surface area contributed by atoms with Gasteiger partial charge in [0.15, 0.2) is 0 Å². The highest BCUT2D eigenvalue weighted by atomic mass is 16.5. The van der Waals surface area contributed by atoms with Crippen molar-refractivity contribution >= 4 is 23.7 Å². The van der Waals surface area contributed by atoms with E-state index in [1.807, 2.05) is 48.5 Å². The van der Waals surface area contributed by atoms with Gasteiger partial charge in [-0.3, -0.25) is 9.59 Å². The van der Waals surface area contributed by atoms with Gasteiger partial charge in [-0.1, -0.05) is 31.2 Å². The number of carbonyl (C=O) groups is 2. The fourth-order valence-electron chi connectivity index (χ4n) is 3.03. The molecule has 0 aromatic heterocycles. The van der Waals surface area contributed by atoms with Crippen LogP contribution in [0.2, 0.25) is 0 Å². The summed E-state index contributed by atoms with van der Waals surface area (Å²) in [6.07, 6.45) is 2.69. The van der Waals surface area contributed by atoms with Crippen molar-refractivity contribution in [2.45, 2.75) is 19.8 Å². The van der Waals surface area contributed by atoms with Crippen molar-refractivity contribution in [2.75, 3.05) is 18.6 Å². The second kappa shape index (κ2) is 8.49. The minimum absolute atomic E-state index is 0.0452. The van der Waals surface area contributed by atoms with Crippen molar-refractivity contribution in [3.8, 4) is 5.75 Å². The van der Waals surface area contributed by atoms with Crippen LogP contribution in [0.5, 0.6) is 5.75 Å². The molecule has 0 aliphatic carbocycles. The fourth-order valence-corrected chi connectivity index (χ4v) is 3.03. The van der Waals surface area contributed by atoms with Gasteiger partial charge in [0, 0.05) is 18.7 Å². The number of aryl methyl sites for hydroxylation is 1. The molecular formula is C21H23N3O3. The lowest BCUT2D eigenvalue weighted by atomic mass is 10.1. The van der Waals surface area contributed by atoms with E-state index in [1.54, 1.807) is 18.2 Å². The summed E-state index contributed by atoms with van der Waals surface area (Å²) in [5.74, 6) is 0.00792. The van der Waals surface area contributed by atoms with Gasteiger partial charge < -0.3 is 9.64 Å². The van der Waals surface area contributed by atoms with E-state index in [-0.39, 0.29) is 18.2 Å². The van der Waals surface area contributed by atoms with Gasteiger partial charge in [0.2, 0.25) is 11.8 Å². The van der Waals surface area contributed by atoms with Crippen LogP contribution in [0.4, 0.5) is 5.69 Å². The van der Waals surface area contributed by atoms with E-state index in [0.717, 1.165) is 23.4 Å². The van der Waals surface area contributed by atoms with Crippen LogP contribution in [-0.2, 0) is 16.0 Å². The van der Waals surface area contributed by atoms with Gasteiger partial charge in [-0.05, 0) is 41.8 Å². The highest BCUT2D eigenvalue weighted by molar-refractivity contribution is 6.00. The molecule has 0 saturated carbocycles. The van der Waals surface area contributed by atoms with Crippen LogP contribution < -0.4 is 15.1 Å². The number of methoxy groups -OCH3 is 1. The average Bonchev–Trinajstić information content (AvgIpc) is 3.10. The number of ether oxygens (including phenoxy) is 1. The first kappa shape index (κ1) is 18.6. The number of nitrogens with zero attached hydrogens (tertiary/aromatic N) is 2. The molecule has 0 spiro atoms. The van der Waals surface area contributed by atoms with E-state index >= 15 is 0 Å². The molecule has 1 atom stereocenters. The van der Waals surface area contributed by atoms with Gasteiger partial charge in [0.25, 0.3) is 0 Å². The first-order valence-corrected chi connectivity index (χ1v) is 8.97. The summed E-state index contributed by atoms with van der Waals surface area (Å²) in [5, 5.41) is 4.00. The molecule has 6 heteroatoms. The summed E-state index contributed by atoms with van der Waals surface area (Å²) in [4.78, 5) is 26.3. The van der Waals surface area contributed by atoms with Crippen LogP contribution in [0.15, 0.2) is 53.6 Å². The lowest BCUT2D eigenvalue weighted by molar-refractivity contribution is -0.126. The predicted octanol–water partition coefficient (Wildman–Crippen LogP) is 2.76. The molecule has 0 radical (unpaired) electrons. The van der Waals surface area contributed by atoms with Crippen LogP contribution >= 0.6 is 0 Å². The third-order valence-electron chi connectivity index (χ3n) is 4.63. The molecule has 2 amide bonds. The molecule has 2 aromatic rings. The Bertz CT molecular complexity index is 846. The van der Waals surface area contributed by atoms with Crippen LogP contribution in [-0.4, -0.2) is 31.7 Å². The molecule has 2 aromatic carbocycles. The minimum Gasteiger partial charge on any atom is -0.497 e. The summed E-state index contributed by atoms with van der Waals surface area (Å²) < 4.78 is 5.15. The van der Waals surface area contributed by atoms with Gasteiger partial charge >= 0.3 is 0 Å². The lowest BCUT2D eigenvalue weighted by Gasteiger charge is -2.16. The Labute approximate surface area is 158 Å². The monoisotopic (exact) mass is 365 g/mol. The zero-order valence-electron chi connectivity index (χ0n) is 15.5. The summed E-state index contributed by atoms with van der Waals surface area (Å²) in [7, 11) is 1.59. The Morgan fingerprint density at radius 2 is 2.07 bits per heavy atom. The average molecular weight is 365 g/mol. The molecule has 0 unspecified atom stereocenters. The summed E-state index contributed by atoms with van der Waals surface area (Å²) in [6.45, 7) is 2.45. The molecule has 1 aliphatic heterocycles. The highest BCUT2D eigenvalue weighted by Gasteiger charge is 2.35. The fraction of sp³-hybridized carbons (Fsp3) is 0.286. The molecule has 1 fully saturated rings. The molecule has 140 valence electrons. The van der Waals surface area contributed by atoms with Gasteiger partial charge in [-0.25, -0.2) is 5.43 Å². The van der Waals surface area contributed by atoms with Crippen LogP contribution in [0.25, 0.3) is 0 Å². The molecule has 1 N–H and O–H groups in total. The Balaban J connectivity index is 1.59. The third-order valence-corrected chi connectivity index (χ3v) is 4.63. The van der Waals surface area contributed by atoms with Crippen LogP contribution in [0.3, 0.4) is 0 Å². The summed E-state index contributed by atoms with van der Waals surface area (Å²) in [5.41, 5.74) is 5.39. The molecule has 1 heterocycles. The SMILES string of the molecule is CCc1ccc(N2C[C@H](C(=O)N/N=C\c3cccc(OC)c3)CC2=O)cc1. The molecule has 27 heavy (non-hydrogen) atoms. The molecule has 1 saturated heterocycles. The first-order chi connectivity index (χ1) is 13.1. The number of hydrogen-bond donors (Lipinski definition) is 1. The van der Waals surface area contributed by atoms with Crippen molar-refractivity contribution < 1.29 is 14.3 Å². The smallest absolute Gasteiger partial charge is 0.245 e. The number of nitrogens with one attached hydrogen (secondary N) is 1. The van der Waals surface area contributed by atoms with E-state index < -0.39 is 5.92 Å². The number of amides is 2. The van der Waals surface area contributed by atoms with E-state index in [9.17, 15) is 9.59 Å². The van der Waals surface area contributed by atoms with Crippen LogP contribution in [0.1, 0.15) is 24.5 Å². The van der Waals surface area contributed by atoms with E-state index in [2.05, 4.69) is 17.5 Å². The molecule has 1 aliphatic rings. The van der Waals surface area contributed by atoms with Crippen molar-refractivity contribution in [1.29, 1.82) is 0 Å². The molecule has 3 rings (SSSR count). The zero-order valence-corrected chi connectivity index (χ0v) is 15.5. The maximum absolute atomic E-state index is 12.4. The van der Waals surface area contributed by atoms with Crippen molar-refractivity contribution in [3.05, 3.63) is 59.7 Å². The number of hydrogen-bond acceptors (Lipinski definition) is 4. The highest BCUT2D eigenvalue weighted by Crippen LogP contribution is 2.25. The Kier molecular flexibility index (Phi) is 5.86. The molecule has 6 nitrogen and oxygen atoms in total. The number of rotatable bonds is 6. The minimum atomic E-state index is -0.411. The van der Waals surface area contributed by atoms with E-state index in [1.165, 1.54) is 5.56 Å². The van der Waals surface area contributed by atoms with Gasteiger partial charge in [-0.2, -0.15) is 5.10 Å². The molecule has 0 bridgehead atoms. The first-order valence-electron chi connectivity index (χ1n) is 8.97. The lowest BCUT2D eigenvalue weighted by Crippen LogP contribution is -2.30. The van der Waals surface area contributed by atoms with Crippen LogP contribution in [0, 0.1) is 5.92 Å². The second-order valence-electron chi connectivity index (χ2n) is 6.44. The number of hydrazone groups is 1. The Morgan fingerprint density at radius 1 is 1.30 bits per heavy atom. The predicted molar refractivity (Wildman–Crippen MR) is 105 cm³/mol. The normalized spacial score (nSPS) is 16.7. The number of carbonyl (C=O) groups excluding carboxylic acids is 2. The summed E-state index contributed by atoms with van der Waals surface area (Å²) in [6, 6.07) is 15.2. The molecular weight excluding hydrogens is 342 g/mol. The Morgan fingerprint density at radius 3 is 2.78 bits per heavy atom. The topological polar surface area (TPSA) is 71.0 Å². The Hall–Kier alpha value is -3.15. The maximum atomic E-state index is 12.4. The van der Waals surface area contributed by atoms with Crippen molar-refractivity contribution in [3.63, 3.8) is 0 Å². The maximum Gasteiger partial charge on any atom is 0.245 e. The van der Waals surface area contributed by atoms with Gasteiger partial charge in [0.05, 0.1) is 19.2 Å². The van der Waals surface area contributed by atoms with E-state index in [0.29, 0.717) is 6.54 Å². The van der Waals surface area contributed by atoms with Gasteiger partial charge in [-0.15, -0.1) is 0 Å². The third kappa shape index (κ3) is 4.53. The zero-order chi connectivity index (χ0) is 19.2. The van der Waals surface area contributed by atoms with Crippen molar-refractivity contribution in [2.24, 2.45) is 11.0 Å². The van der Waals surface area contributed by atoms with Gasteiger partial charge in [0.1, 0.15) is 5.75 Å². The second-order valence-corrected chi connectivity index (χ2v) is 6.44. The standard InChI is InChI=1S/C21H23N3O3/c1-3-15-7-9-18(10-8-15)24-14-17(12-20(24)25)21(26)23-22-13-16-5-4-6-19(11-16)27-2/h4-11,13,17H,3,12,14H2,1-2H3,(H,23,26)/b22-13-/t17-/m1/s1. The summed E-state index contributed by atoms with van der Waals surface area (Å²) >= 11 is 0. The quantitative estimate of drug-likeness (QED) is 0.632. The number of anilines is 1. The van der Waals surface area contributed by atoms with E-state index in [4.69, 9.17) is 4.74 Å². The number of benzene rings is 2. The van der Waals surface area contributed by atoms with Crippen molar-refractivity contribution in [1.82, 2.24) is 5.43 Å². The largest absolute Gasteiger partial charge is 0.497 e.